The van der Waals surface area contributed by atoms with E-state index < -0.39 is 5.60 Å². The van der Waals surface area contributed by atoms with E-state index in [4.69, 9.17) is 9.47 Å². The normalized spacial score (nSPS) is 16.5. The van der Waals surface area contributed by atoms with Gasteiger partial charge < -0.3 is 25.0 Å². The Labute approximate surface area is 199 Å². The number of anilines is 4. The molecule has 2 aromatic carbocycles. The third kappa shape index (κ3) is 3.56. The lowest BCUT2D eigenvalue weighted by Crippen LogP contribution is -2.61. The molecule has 2 saturated heterocycles. The van der Waals surface area contributed by atoms with Crippen LogP contribution in [-0.2, 0) is 11.2 Å². The molecule has 9 nitrogen and oxygen atoms in total. The van der Waals surface area contributed by atoms with Crippen molar-refractivity contribution in [2.75, 3.05) is 56.0 Å². The Morgan fingerprint density at radius 3 is 2.68 bits per heavy atom. The number of aryl methyl sites for hydroxylation is 1. The largest absolute Gasteiger partial charge is 0.494 e. The van der Waals surface area contributed by atoms with Crippen LogP contribution in [0.1, 0.15) is 18.1 Å². The monoisotopic (exact) mass is 462 g/mol. The summed E-state index contributed by atoms with van der Waals surface area (Å²) in [6.07, 6.45) is 2.12. The van der Waals surface area contributed by atoms with Crippen molar-refractivity contribution < 1.29 is 14.3 Å². The summed E-state index contributed by atoms with van der Waals surface area (Å²) in [5.74, 6) is 1.23. The van der Waals surface area contributed by atoms with Crippen molar-refractivity contribution in [3.05, 3.63) is 41.7 Å². The van der Waals surface area contributed by atoms with Gasteiger partial charge in [-0.25, -0.2) is 14.8 Å². The van der Waals surface area contributed by atoms with Crippen LogP contribution in [0.3, 0.4) is 0 Å². The second-order valence-corrected chi connectivity index (χ2v) is 9.12. The minimum Gasteiger partial charge on any atom is -0.494 e. The average Bonchev–Trinajstić information content (AvgIpc) is 3.17. The molecule has 178 valence electrons. The van der Waals surface area contributed by atoms with E-state index in [1.807, 2.05) is 12.1 Å². The number of amides is 1. The zero-order chi connectivity index (χ0) is 24.0. The second-order valence-electron chi connectivity index (χ2n) is 9.12. The molecule has 1 aromatic heterocycles. The first-order valence-electron chi connectivity index (χ1n) is 11.5. The Morgan fingerprint density at radius 2 is 2.06 bits per heavy atom. The van der Waals surface area contributed by atoms with Crippen molar-refractivity contribution in [2.45, 2.75) is 25.9 Å². The van der Waals surface area contributed by atoms with Crippen LogP contribution in [-0.4, -0.2) is 62.5 Å². The topological polar surface area (TPSA) is 91.9 Å². The van der Waals surface area contributed by atoms with Crippen molar-refractivity contribution in [3.8, 4) is 5.75 Å². The number of nitrogens with one attached hydrogen (secondary N) is 2. The van der Waals surface area contributed by atoms with Crippen molar-refractivity contribution in [2.24, 2.45) is 0 Å². The van der Waals surface area contributed by atoms with E-state index in [1.54, 1.807) is 12.0 Å². The van der Waals surface area contributed by atoms with Gasteiger partial charge >= 0.3 is 6.09 Å². The SMILES string of the molecule is CCc1ccc(Nc2ncnc3cc(OC)c(N4CC5(CNC5)OC4=O)cc23)c(C)c1N(C)C. The van der Waals surface area contributed by atoms with Crippen LogP contribution in [0.25, 0.3) is 10.9 Å². The summed E-state index contributed by atoms with van der Waals surface area (Å²) in [7, 11) is 5.71. The Morgan fingerprint density at radius 1 is 1.26 bits per heavy atom. The van der Waals surface area contributed by atoms with Gasteiger partial charge in [0.2, 0.25) is 0 Å². The van der Waals surface area contributed by atoms with Gasteiger partial charge in [0, 0.05) is 50.0 Å². The van der Waals surface area contributed by atoms with Gasteiger partial charge in [0.05, 0.1) is 24.9 Å². The number of methoxy groups -OCH3 is 1. The van der Waals surface area contributed by atoms with Crippen molar-refractivity contribution in [1.82, 2.24) is 15.3 Å². The van der Waals surface area contributed by atoms with Crippen LogP contribution in [0, 0.1) is 6.92 Å². The minimum atomic E-state index is -0.466. The summed E-state index contributed by atoms with van der Waals surface area (Å²) in [5, 5.41) is 7.49. The molecule has 2 aliphatic heterocycles. The van der Waals surface area contributed by atoms with Crippen LogP contribution in [0.5, 0.6) is 5.75 Å². The van der Waals surface area contributed by atoms with E-state index in [-0.39, 0.29) is 6.09 Å². The van der Waals surface area contributed by atoms with E-state index in [0.29, 0.717) is 36.9 Å². The number of rotatable bonds is 6. The molecule has 0 saturated carbocycles. The van der Waals surface area contributed by atoms with E-state index in [2.05, 4.69) is 65.6 Å². The number of aromatic nitrogens is 2. The molecular formula is C25H30N6O3. The molecular weight excluding hydrogens is 432 g/mol. The van der Waals surface area contributed by atoms with Crippen molar-refractivity contribution in [1.29, 1.82) is 0 Å². The summed E-state index contributed by atoms with van der Waals surface area (Å²) in [6, 6.07) is 7.98. The van der Waals surface area contributed by atoms with Gasteiger partial charge in [-0.1, -0.05) is 13.0 Å². The molecule has 2 aliphatic rings. The molecule has 0 atom stereocenters. The predicted octanol–water partition coefficient (Wildman–Crippen LogP) is 3.62. The first-order chi connectivity index (χ1) is 16.4. The first-order valence-corrected chi connectivity index (χ1v) is 11.5. The Hall–Kier alpha value is -3.59. The van der Waals surface area contributed by atoms with Gasteiger partial charge in [-0.3, -0.25) is 4.90 Å². The van der Waals surface area contributed by atoms with Gasteiger partial charge in [0.1, 0.15) is 17.9 Å². The number of nitrogens with zero attached hydrogens (tertiary/aromatic N) is 4. The zero-order valence-electron chi connectivity index (χ0n) is 20.2. The van der Waals surface area contributed by atoms with Crippen LogP contribution >= 0.6 is 0 Å². The number of ether oxygens (including phenoxy) is 2. The molecule has 0 radical (unpaired) electrons. The van der Waals surface area contributed by atoms with Crippen molar-refractivity contribution >= 4 is 39.9 Å². The highest BCUT2D eigenvalue weighted by Gasteiger charge is 2.50. The van der Waals surface area contributed by atoms with Crippen LogP contribution in [0.4, 0.5) is 27.7 Å². The fraction of sp³-hybridized carbons (Fsp3) is 0.400. The maximum Gasteiger partial charge on any atom is 0.415 e. The van der Waals surface area contributed by atoms with Crippen molar-refractivity contribution in [3.63, 3.8) is 0 Å². The molecule has 3 heterocycles. The molecule has 2 fully saturated rings. The molecule has 0 unspecified atom stereocenters. The number of carbonyl (C=O) groups is 1. The summed E-state index contributed by atoms with van der Waals surface area (Å²) < 4.78 is 11.3. The lowest BCUT2D eigenvalue weighted by molar-refractivity contribution is 0.0142. The van der Waals surface area contributed by atoms with Gasteiger partial charge in [0.15, 0.2) is 5.60 Å². The van der Waals surface area contributed by atoms with Gasteiger partial charge in [0.25, 0.3) is 0 Å². The Balaban J connectivity index is 1.58. The Kier molecular flexibility index (Phi) is 5.44. The Bertz CT molecular complexity index is 1270. The van der Waals surface area contributed by atoms with Crippen LogP contribution in [0.2, 0.25) is 0 Å². The fourth-order valence-corrected chi connectivity index (χ4v) is 4.87. The zero-order valence-corrected chi connectivity index (χ0v) is 20.2. The molecule has 1 amide bonds. The summed E-state index contributed by atoms with van der Waals surface area (Å²) in [4.78, 5) is 25.5. The van der Waals surface area contributed by atoms with E-state index in [9.17, 15) is 4.79 Å². The molecule has 0 bridgehead atoms. The predicted molar refractivity (Wildman–Crippen MR) is 134 cm³/mol. The van der Waals surface area contributed by atoms with Gasteiger partial charge in [-0.15, -0.1) is 0 Å². The molecule has 1 spiro atoms. The third-order valence-electron chi connectivity index (χ3n) is 6.69. The highest BCUT2D eigenvalue weighted by atomic mass is 16.6. The lowest BCUT2D eigenvalue weighted by atomic mass is 9.97. The number of hydrogen-bond acceptors (Lipinski definition) is 8. The molecule has 0 aliphatic carbocycles. The van der Waals surface area contributed by atoms with Gasteiger partial charge in [-0.2, -0.15) is 0 Å². The second kappa shape index (κ2) is 8.32. The summed E-state index contributed by atoms with van der Waals surface area (Å²) in [6.45, 7) is 6.06. The smallest absolute Gasteiger partial charge is 0.415 e. The molecule has 3 aromatic rings. The molecule has 2 N–H and O–H groups in total. The highest BCUT2D eigenvalue weighted by Crippen LogP contribution is 2.40. The fourth-order valence-electron chi connectivity index (χ4n) is 4.87. The maximum atomic E-state index is 12.7. The van der Waals surface area contributed by atoms with E-state index >= 15 is 0 Å². The minimum absolute atomic E-state index is 0.368. The van der Waals surface area contributed by atoms with E-state index in [1.165, 1.54) is 17.6 Å². The standard InChI is InChI=1S/C25H30N6O3/c1-6-16-7-8-18(15(2)22(16)30(3)4)29-23-17-9-20(21(33-5)10-19(17)27-14-28-23)31-13-25(11-26-12-25)34-24(31)32/h7-10,14,26H,6,11-13H2,1-5H3,(H,27,28,29). The van der Waals surface area contributed by atoms with E-state index in [0.717, 1.165) is 28.6 Å². The number of carbonyl (C=O) groups excluding carboxylic acids is 1. The first kappa shape index (κ1) is 22.2. The van der Waals surface area contributed by atoms with Crippen LogP contribution < -0.4 is 25.2 Å². The van der Waals surface area contributed by atoms with Gasteiger partial charge in [-0.05, 0) is 36.6 Å². The quantitative estimate of drug-likeness (QED) is 0.574. The molecule has 9 heteroatoms. The average molecular weight is 463 g/mol. The van der Waals surface area contributed by atoms with Crippen LogP contribution in [0.15, 0.2) is 30.6 Å². The number of hydrogen-bond donors (Lipinski definition) is 2. The number of benzene rings is 2. The summed E-state index contributed by atoms with van der Waals surface area (Å²) >= 11 is 0. The third-order valence-corrected chi connectivity index (χ3v) is 6.69. The molecule has 34 heavy (non-hydrogen) atoms. The molecule has 5 rings (SSSR count). The lowest BCUT2D eigenvalue weighted by Gasteiger charge is -2.36. The summed E-state index contributed by atoms with van der Waals surface area (Å²) in [5.41, 5.74) is 5.51. The maximum absolute atomic E-state index is 12.7. The highest BCUT2D eigenvalue weighted by molar-refractivity contribution is 6.00. The number of fused-ring (bicyclic) bond motifs is 1.